The highest BCUT2D eigenvalue weighted by Crippen LogP contribution is 2.44. The Labute approximate surface area is 222 Å². The van der Waals surface area contributed by atoms with Crippen LogP contribution in [0.25, 0.3) is 5.76 Å². The minimum atomic E-state index is -0.886. The van der Waals surface area contributed by atoms with E-state index in [1.54, 1.807) is 55.6 Å². The highest BCUT2D eigenvalue weighted by Gasteiger charge is 2.47. The fraction of sp³-hybridized carbons (Fsp3) is 0.267. The number of para-hydroxylation sites is 1. The van der Waals surface area contributed by atoms with E-state index >= 15 is 0 Å². The minimum Gasteiger partial charge on any atom is -0.506 e. The van der Waals surface area contributed by atoms with E-state index in [-0.39, 0.29) is 29.5 Å². The molecule has 0 bridgehead atoms. The van der Waals surface area contributed by atoms with Gasteiger partial charge in [0.05, 0.1) is 45.6 Å². The molecule has 1 heterocycles. The van der Waals surface area contributed by atoms with Crippen molar-refractivity contribution in [1.82, 2.24) is 4.90 Å². The third-order valence-electron chi connectivity index (χ3n) is 6.31. The van der Waals surface area contributed by atoms with Crippen LogP contribution in [0.5, 0.6) is 23.0 Å². The van der Waals surface area contributed by atoms with E-state index in [1.807, 2.05) is 32.0 Å². The number of ether oxygens (including phenoxy) is 4. The Hall–Kier alpha value is -4.46. The number of aliphatic hydroxyl groups is 1. The van der Waals surface area contributed by atoms with Crippen LogP contribution in [0.15, 0.2) is 72.3 Å². The molecule has 0 aromatic heterocycles. The number of benzene rings is 3. The summed E-state index contributed by atoms with van der Waals surface area (Å²) in [5.41, 5.74) is 1.48. The number of hydrogen-bond donors (Lipinski definition) is 1. The van der Waals surface area contributed by atoms with Gasteiger partial charge in [-0.05, 0) is 49.7 Å². The normalized spacial score (nSPS) is 16.6. The molecule has 8 heteroatoms. The van der Waals surface area contributed by atoms with Crippen LogP contribution in [0, 0.1) is 0 Å². The van der Waals surface area contributed by atoms with Crippen molar-refractivity contribution in [2.75, 3.05) is 21.3 Å². The number of rotatable bonds is 9. The highest BCUT2D eigenvalue weighted by molar-refractivity contribution is 6.46. The topological polar surface area (TPSA) is 94.5 Å². The molecule has 1 saturated heterocycles. The molecule has 3 aromatic carbocycles. The van der Waals surface area contributed by atoms with Crippen LogP contribution >= 0.6 is 0 Å². The Bertz CT molecular complexity index is 1340. The first kappa shape index (κ1) is 26.6. The molecule has 4 rings (SSSR count). The zero-order valence-electron chi connectivity index (χ0n) is 22.1. The van der Waals surface area contributed by atoms with Gasteiger partial charge in [0, 0.05) is 5.56 Å². The first-order chi connectivity index (χ1) is 18.3. The number of hydrogen-bond acceptors (Lipinski definition) is 7. The van der Waals surface area contributed by atoms with E-state index in [0.29, 0.717) is 28.6 Å². The molecule has 1 atom stereocenters. The maximum atomic E-state index is 13.5. The first-order valence-corrected chi connectivity index (χ1v) is 12.2. The van der Waals surface area contributed by atoms with Crippen LogP contribution in [0.4, 0.5) is 0 Å². The number of carbonyl (C=O) groups excluding carboxylic acids is 2. The van der Waals surface area contributed by atoms with Crippen LogP contribution in [-0.2, 0) is 16.1 Å². The van der Waals surface area contributed by atoms with Crippen molar-refractivity contribution in [3.63, 3.8) is 0 Å². The summed E-state index contributed by atoms with van der Waals surface area (Å²) in [4.78, 5) is 28.4. The molecule has 3 aromatic rings. The molecular weight excluding hydrogens is 486 g/mol. The molecule has 198 valence electrons. The smallest absolute Gasteiger partial charge is 0.295 e. The molecule has 1 fully saturated rings. The lowest BCUT2D eigenvalue weighted by molar-refractivity contribution is -0.140. The zero-order valence-corrected chi connectivity index (χ0v) is 22.1. The van der Waals surface area contributed by atoms with E-state index in [1.165, 1.54) is 19.1 Å². The fourth-order valence-corrected chi connectivity index (χ4v) is 4.63. The van der Waals surface area contributed by atoms with Gasteiger partial charge in [0.2, 0.25) is 0 Å². The molecule has 0 aliphatic carbocycles. The molecule has 1 amide bonds. The number of aliphatic hydroxyl groups excluding tert-OH is 1. The Kier molecular flexibility index (Phi) is 7.90. The summed E-state index contributed by atoms with van der Waals surface area (Å²) in [7, 11) is 4.46. The van der Waals surface area contributed by atoms with Gasteiger partial charge in [-0.15, -0.1) is 0 Å². The Morgan fingerprint density at radius 1 is 0.842 bits per heavy atom. The third kappa shape index (κ3) is 5.02. The first-order valence-electron chi connectivity index (χ1n) is 12.2. The Morgan fingerprint density at radius 2 is 1.42 bits per heavy atom. The molecule has 1 N–H and O–H groups in total. The standard InChI is InChI=1S/C30H31NO7/c1-18(2)38-21-15-13-19(14-16-21)27-26(28(32)25-23(36-4)11-8-12-24(25)37-5)29(33)30(34)31(27)17-20-9-6-7-10-22(20)35-3/h6-16,18,27,32H,17H2,1-5H3/b28-26+. The summed E-state index contributed by atoms with van der Waals surface area (Å²) in [6, 6.07) is 18.5. The summed E-state index contributed by atoms with van der Waals surface area (Å²) in [6.45, 7) is 3.94. The van der Waals surface area contributed by atoms with Gasteiger partial charge in [-0.25, -0.2) is 0 Å². The molecule has 1 aliphatic rings. The molecule has 1 aliphatic heterocycles. The van der Waals surface area contributed by atoms with Gasteiger partial charge in [-0.1, -0.05) is 36.4 Å². The number of Topliss-reactive ketones (excluding diaryl/α,β-unsaturated/α-hetero) is 1. The fourth-order valence-electron chi connectivity index (χ4n) is 4.63. The van der Waals surface area contributed by atoms with Crippen LogP contribution in [-0.4, -0.2) is 49.1 Å². The summed E-state index contributed by atoms with van der Waals surface area (Å²) in [5.74, 6) is -0.0872. The van der Waals surface area contributed by atoms with Gasteiger partial charge in [-0.3, -0.25) is 9.59 Å². The van der Waals surface area contributed by atoms with Crippen molar-refractivity contribution in [1.29, 1.82) is 0 Å². The monoisotopic (exact) mass is 517 g/mol. The van der Waals surface area contributed by atoms with E-state index in [4.69, 9.17) is 18.9 Å². The van der Waals surface area contributed by atoms with Gasteiger partial charge >= 0.3 is 0 Å². The second-order valence-electron chi connectivity index (χ2n) is 9.01. The van der Waals surface area contributed by atoms with Gasteiger partial charge in [0.15, 0.2) is 0 Å². The van der Waals surface area contributed by atoms with E-state index < -0.39 is 17.7 Å². The molecule has 0 radical (unpaired) electrons. The van der Waals surface area contributed by atoms with Crippen LogP contribution in [0.3, 0.4) is 0 Å². The Balaban J connectivity index is 1.91. The number of carbonyl (C=O) groups is 2. The van der Waals surface area contributed by atoms with Gasteiger partial charge < -0.3 is 29.0 Å². The summed E-state index contributed by atoms with van der Waals surface area (Å²) >= 11 is 0. The van der Waals surface area contributed by atoms with Crippen molar-refractivity contribution < 1.29 is 33.6 Å². The van der Waals surface area contributed by atoms with Gasteiger partial charge in [0.1, 0.15) is 34.3 Å². The number of likely N-dealkylation sites (tertiary alicyclic amines) is 1. The molecular formula is C30H31NO7. The summed E-state index contributed by atoms with van der Waals surface area (Å²) in [5, 5.41) is 11.6. The zero-order chi connectivity index (χ0) is 27.4. The van der Waals surface area contributed by atoms with Crippen LogP contribution in [0.2, 0.25) is 0 Å². The Morgan fingerprint density at radius 3 is 2.00 bits per heavy atom. The maximum Gasteiger partial charge on any atom is 0.295 e. The molecule has 8 nitrogen and oxygen atoms in total. The predicted octanol–water partition coefficient (Wildman–Crippen LogP) is 5.12. The lowest BCUT2D eigenvalue weighted by Crippen LogP contribution is -2.29. The second-order valence-corrected chi connectivity index (χ2v) is 9.01. The average Bonchev–Trinajstić information content (AvgIpc) is 3.17. The SMILES string of the molecule is COc1ccccc1CN1C(=O)C(=O)/C(=C(/O)c2c(OC)cccc2OC)C1c1ccc(OC(C)C)cc1. The number of nitrogens with zero attached hydrogens (tertiary/aromatic N) is 1. The van der Waals surface area contributed by atoms with E-state index in [2.05, 4.69) is 0 Å². The largest absolute Gasteiger partial charge is 0.506 e. The maximum absolute atomic E-state index is 13.5. The molecule has 38 heavy (non-hydrogen) atoms. The quantitative estimate of drug-likeness (QED) is 0.239. The lowest BCUT2D eigenvalue weighted by Gasteiger charge is -2.26. The van der Waals surface area contributed by atoms with Crippen molar-refractivity contribution in [2.45, 2.75) is 32.5 Å². The number of amides is 1. The number of methoxy groups -OCH3 is 3. The molecule has 0 saturated carbocycles. The number of ketones is 1. The average molecular weight is 518 g/mol. The predicted molar refractivity (Wildman–Crippen MR) is 143 cm³/mol. The lowest BCUT2D eigenvalue weighted by atomic mass is 9.94. The summed E-state index contributed by atoms with van der Waals surface area (Å²) in [6.07, 6.45) is -0.0185. The third-order valence-corrected chi connectivity index (χ3v) is 6.31. The molecule has 1 unspecified atom stereocenters. The summed E-state index contributed by atoms with van der Waals surface area (Å²) < 4.78 is 22.2. The van der Waals surface area contributed by atoms with Crippen molar-refractivity contribution in [3.05, 3.63) is 89.0 Å². The van der Waals surface area contributed by atoms with Crippen molar-refractivity contribution in [3.8, 4) is 23.0 Å². The van der Waals surface area contributed by atoms with Gasteiger partial charge in [-0.2, -0.15) is 0 Å². The van der Waals surface area contributed by atoms with E-state index in [0.717, 1.165) is 5.56 Å². The van der Waals surface area contributed by atoms with Crippen LogP contribution in [0.1, 0.15) is 36.6 Å². The minimum absolute atomic E-state index is 0.0185. The van der Waals surface area contributed by atoms with E-state index in [9.17, 15) is 14.7 Å². The molecule has 0 spiro atoms. The highest BCUT2D eigenvalue weighted by atomic mass is 16.5. The second kappa shape index (κ2) is 11.3. The van der Waals surface area contributed by atoms with Gasteiger partial charge in [0.25, 0.3) is 11.7 Å². The van der Waals surface area contributed by atoms with Crippen LogP contribution < -0.4 is 18.9 Å². The van der Waals surface area contributed by atoms with Crippen molar-refractivity contribution in [2.24, 2.45) is 0 Å². The van der Waals surface area contributed by atoms with Crippen molar-refractivity contribution >= 4 is 17.4 Å².